The molecule has 1 aromatic heterocycles. The highest BCUT2D eigenvalue weighted by molar-refractivity contribution is 7.99. The summed E-state index contributed by atoms with van der Waals surface area (Å²) in [5.41, 5.74) is 5.19. The maximum Gasteiger partial charge on any atom is 0.227 e. The third-order valence-corrected chi connectivity index (χ3v) is 5.00. The molecule has 0 saturated carbocycles. The number of anilines is 4. The van der Waals surface area contributed by atoms with Gasteiger partial charge in [0.05, 0.1) is 18.9 Å². The number of benzene rings is 2. The second-order valence-corrected chi connectivity index (χ2v) is 7.03. The molecule has 1 aliphatic rings. The molecule has 0 unspecified atom stereocenters. The minimum atomic E-state index is 0.586. The molecule has 3 aromatic rings. The zero-order valence-corrected chi connectivity index (χ0v) is 16.6. The van der Waals surface area contributed by atoms with E-state index < -0.39 is 0 Å². The highest BCUT2D eigenvalue weighted by atomic mass is 32.2. The Hall–Kier alpha value is -2.77. The lowest BCUT2D eigenvalue weighted by molar-refractivity contribution is 0.122. The number of rotatable bonds is 6. The van der Waals surface area contributed by atoms with Crippen molar-refractivity contribution in [2.24, 2.45) is 0 Å². The molecule has 0 amide bonds. The molecule has 2 aromatic carbocycles. The highest BCUT2D eigenvalue weighted by Gasteiger charge is 2.11. The van der Waals surface area contributed by atoms with E-state index in [2.05, 4.69) is 61.3 Å². The van der Waals surface area contributed by atoms with E-state index in [1.807, 2.05) is 24.5 Å². The zero-order chi connectivity index (χ0) is 19.2. The van der Waals surface area contributed by atoms with Gasteiger partial charge in [-0.05, 0) is 42.5 Å². The van der Waals surface area contributed by atoms with Gasteiger partial charge >= 0.3 is 0 Å². The minimum absolute atomic E-state index is 0.586. The topological polar surface area (TPSA) is 62.3 Å². The first kappa shape index (κ1) is 18.6. The molecule has 1 saturated heterocycles. The molecule has 4 rings (SSSR count). The standard InChI is InChI=1S/C21H23N5OS/c1-28-25-18-4-2-16(3-5-18)20-10-11-22-21(24-20)23-17-6-8-19(9-7-17)26-12-14-27-15-13-26/h2-11,25H,12-15H2,1H3,(H,22,23,24). The summed E-state index contributed by atoms with van der Waals surface area (Å²) in [5.74, 6) is 0.586. The van der Waals surface area contributed by atoms with Crippen LogP contribution in [0.1, 0.15) is 0 Å². The maximum absolute atomic E-state index is 5.42. The number of hydrogen-bond acceptors (Lipinski definition) is 7. The molecular weight excluding hydrogens is 370 g/mol. The molecule has 144 valence electrons. The van der Waals surface area contributed by atoms with Gasteiger partial charge in [0.1, 0.15) is 0 Å². The second kappa shape index (κ2) is 8.95. The molecule has 28 heavy (non-hydrogen) atoms. The smallest absolute Gasteiger partial charge is 0.227 e. The van der Waals surface area contributed by atoms with E-state index in [1.165, 1.54) is 5.69 Å². The van der Waals surface area contributed by atoms with Gasteiger partial charge in [-0.3, -0.25) is 0 Å². The predicted octanol–water partition coefficient (Wildman–Crippen LogP) is 4.41. The second-order valence-electron chi connectivity index (χ2n) is 6.42. The van der Waals surface area contributed by atoms with Gasteiger partial charge in [-0.15, -0.1) is 0 Å². The molecule has 0 bridgehead atoms. The molecule has 0 radical (unpaired) electrons. The fourth-order valence-corrected chi connectivity index (χ4v) is 3.48. The molecule has 7 heteroatoms. The van der Waals surface area contributed by atoms with Crippen molar-refractivity contribution >= 4 is 35.0 Å². The summed E-state index contributed by atoms with van der Waals surface area (Å²) in [5, 5.41) is 3.29. The van der Waals surface area contributed by atoms with Crippen molar-refractivity contribution in [3.8, 4) is 11.3 Å². The summed E-state index contributed by atoms with van der Waals surface area (Å²) in [6.45, 7) is 3.44. The van der Waals surface area contributed by atoms with E-state index in [0.717, 1.165) is 48.9 Å². The average molecular weight is 394 g/mol. The van der Waals surface area contributed by atoms with Crippen LogP contribution in [0.3, 0.4) is 0 Å². The summed E-state index contributed by atoms with van der Waals surface area (Å²) in [4.78, 5) is 11.3. The first-order chi connectivity index (χ1) is 13.8. The Kier molecular flexibility index (Phi) is 5.94. The van der Waals surface area contributed by atoms with Crippen molar-refractivity contribution in [1.29, 1.82) is 0 Å². The van der Waals surface area contributed by atoms with Crippen molar-refractivity contribution in [2.75, 3.05) is 47.5 Å². The summed E-state index contributed by atoms with van der Waals surface area (Å²) in [7, 11) is 0. The Morgan fingerprint density at radius 1 is 0.929 bits per heavy atom. The van der Waals surface area contributed by atoms with Crippen LogP contribution >= 0.6 is 11.9 Å². The van der Waals surface area contributed by atoms with Crippen LogP contribution in [0.15, 0.2) is 60.8 Å². The molecule has 6 nitrogen and oxygen atoms in total. The van der Waals surface area contributed by atoms with E-state index in [4.69, 9.17) is 4.74 Å². The molecule has 2 heterocycles. The van der Waals surface area contributed by atoms with Gasteiger partial charge < -0.3 is 19.7 Å². The van der Waals surface area contributed by atoms with Crippen molar-refractivity contribution in [3.05, 3.63) is 60.8 Å². The van der Waals surface area contributed by atoms with Gasteiger partial charge in [-0.1, -0.05) is 24.1 Å². The molecule has 1 fully saturated rings. The number of nitrogens with zero attached hydrogens (tertiary/aromatic N) is 3. The van der Waals surface area contributed by atoms with Crippen LogP contribution in [0, 0.1) is 0 Å². The van der Waals surface area contributed by atoms with Crippen LogP contribution in [0.2, 0.25) is 0 Å². The Bertz CT molecular complexity index is 895. The van der Waals surface area contributed by atoms with E-state index in [9.17, 15) is 0 Å². The maximum atomic E-state index is 5.42. The normalized spacial score (nSPS) is 14.0. The minimum Gasteiger partial charge on any atom is -0.378 e. The summed E-state index contributed by atoms with van der Waals surface area (Å²) < 4.78 is 8.63. The Labute approximate surface area is 169 Å². The number of hydrogen-bond donors (Lipinski definition) is 2. The summed E-state index contributed by atoms with van der Waals surface area (Å²) in [6, 6.07) is 18.5. The van der Waals surface area contributed by atoms with Crippen LogP contribution in [-0.4, -0.2) is 42.5 Å². The van der Waals surface area contributed by atoms with Crippen molar-refractivity contribution in [1.82, 2.24) is 9.97 Å². The molecule has 1 aliphatic heterocycles. The monoisotopic (exact) mass is 393 g/mol. The summed E-state index contributed by atoms with van der Waals surface area (Å²) >= 11 is 1.58. The van der Waals surface area contributed by atoms with Crippen molar-refractivity contribution in [2.45, 2.75) is 0 Å². The molecular formula is C21H23N5OS. The van der Waals surface area contributed by atoms with Crippen LogP contribution < -0.4 is 14.9 Å². The fraction of sp³-hybridized carbons (Fsp3) is 0.238. The quantitative estimate of drug-likeness (QED) is 0.601. The van der Waals surface area contributed by atoms with Gasteiger partial charge in [-0.2, -0.15) is 0 Å². The van der Waals surface area contributed by atoms with Gasteiger partial charge in [0.15, 0.2) is 0 Å². The van der Waals surface area contributed by atoms with Crippen LogP contribution in [0.5, 0.6) is 0 Å². The highest BCUT2D eigenvalue weighted by Crippen LogP contribution is 2.23. The molecule has 0 spiro atoms. The van der Waals surface area contributed by atoms with Crippen molar-refractivity contribution < 1.29 is 4.74 Å². The fourth-order valence-electron chi connectivity index (χ4n) is 3.11. The van der Waals surface area contributed by atoms with E-state index in [0.29, 0.717) is 5.95 Å². The van der Waals surface area contributed by atoms with Gasteiger partial charge in [0.25, 0.3) is 0 Å². The predicted molar refractivity (Wildman–Crippen MR) is 117 cm³/mol. The number of aromatic nitrogens is 2. The molecule has 2 N–H and O–H groups in total. The van der Waals surface area contributed by atoms with Gasteiger partial charge in [0, 0.05) is 48.2 Å². The van der Waals surface area contributed by atoms with Crippen LogP contribution in [-0.2, 0) is 4.74 Å². The van der Waals surface area contributed by atoms with E-state index in [-0.39, 0.29) is 0 Å². The van der Waals surface area contributed by atoms with Crippen LogP contribution in [0.4, 0.5) is 23.0 Å². The lowest BCUT2D eigenvalue weighted by atomic mass is 10.1. The van der Waals surface area contributed by atoms with Gasteiger partial charge in [0.2, 0.25) is 5.95 Å². The van der Waals surface area contributed by atoms with Crippen molar-refractivity contribution in [3.63, 3.8) is 0 Å². The van der Waals surface area contributed by atoms with E-state index >= 15 is 0 Å². The Morgan fingerprint density at radius 2 is 1.64 bits per heavy atom. The zero-order valence-electron chi connectivity index (χ0n) is 15.8. The van der Waals surface area contributed by atoms with Crippen LogP contribution in [0.25, 0.3) is 11.3 Å². The lowest BCUT2D eigenvalue weighted by Gasteiger charge is -2.28. The number of nitrogens with one attached hydrogen (secondary N) is 2. The summed E-state index contributed by atoms with van der Waals surface area (Å²) in [6.07, 6.45) is 3.78. The Balaban J connectivity index is 1.45. The first-order valence-corrected chi connectivity index (χ1v) is 10.5. The number of ether oxygens (including phenoxy) is 1. The third-order valence-electron chi connectivity index (χ3n) is 4.56. The largest absolute Gasteiger partial charge is 0.378 e. The first-order valence-electron chi connectivity index (χ1n) is 9.24. The third kappa shape index (κ3) is 4.55. The lowest BCUT2D eigenvalue weighted by Crippen LogP contribution is -2.36. The molecule has 0 aliphatic carbocycles. The number of morpholine rings is 1. The SMILES string of the molecule is CSNc1ccc(-c2ccnc(Nc3ccc(N4CCOCC4)cc3)n2)cc1. The molecule has 0 atom stereocenters. The van der Waals surface area contributed by atoms with Gasteiger partial charge in [-0.25, -0.2) is 9.97 Å². The average Bonchev–Trinajstić information content (AvgIpc) is 2.76. The Morgan fingerprint density at radius 3 is 2.36 bits per heavy atom. The van der Waals surface area contributed by atoms with E-state index in [1.54, 1.807) is 18.1 Å².